The number of carbonyl (C=O) groups excluding carboxylic acids is 1. The first kappa shape index (κ1) is 16.9. The average molecular weight is 358 g/mol. The van der Waals surface area contributed by atoms with Crippen LogP contribution >= 0.6 is 0 Å². The number of aryl methyl sites for hydroxylation is 1. The SMILES string of the molecule is CN1CCO[C@@H](CNC(=O)c2ccc3c(c2)OCO3)[C@@H]1c1cncn1C. The molecule has 4 rings (SSSR count). The number of morpholine rings is 1. The maximum absolute atomic E-state index is 12.5. The Labute approximate surface area is 151 Å². The molecule has 1 amide bonds. The second-order valence-corrected chi connectivity index (χ2v) is 6.54. The molecule has 138 valence electrons. The summed E-state index contributed by atoms with van der Waals surface area (Å²) in [6.45, 7) is 2.07. The summed E-state index contributed by atoms with van der Waals surface area (Å²) < 4.78 is 18.6. The zero-order chi connectivity index (χ0) is 18.1. The molecule has 2 atom stereocenters. The molecule has 1 N–H and O–H groups in total. The second kappa shape index (κ2) is 6.97. The van der Waals surface area contributed by atoms with E-state index in [0.29, 0.717) is 30.2 Å². The highest BCUT2D eigenvalue weighted by atomic mass is 16.7. The Morgan fingerprint density at radius 3 is 2.96 bits per heavy atom. The Morgan fingerprint density at radius 2 is 2.15 bits per heavy atom. The molecule has 0 saturated carbocycles. The molecule has 3 heterocycles. The van der Waals surface area contributed by atoms with Crippen molar-refractivity contribution in [2.24, 2.45) is 7.05 Å². The number of aromatic nitrogens is 2. The van der Waals surface area contributed by atoms with E-state index in [1.807, 2.05) is 17.8 Å². The second-order valence-electron chi connectivity index (χ2n) is 6.54. The van der Waals surface area contributed by atoms with Crippen molar-refractivity contribution in [3.63, 3.8) is 0 Å². The van der Waals surface area contributed by atoms with E-state index in [1.165, 1.54) is 0 Å². The van der Waals surface area contributed by atoms with Gasteiger partial charge in [-0.2, -0.15) is 0 Å². The first-order valence-corrected chi connectivity index (χ1v) is 8.59. The molecule has 0 bridgehead atoms. The Bertz CT molecular complexity index is 806. The van der Waals surface area contributed by atoms with Crippen LogP contribution in [-0.4, -0.2) is 60.0 Å². The Kier molecular flexibility index (Phi) is 4.52. The first-order valence-electron chi connectivity index (χ1n) is 8.59. The van der Waals surface area contributed by atoms with E-state index in [9.17, 15) is 4.79 Å². The third kappa shape index (κ3) is 3.13. The van der Waals surface area contributed by atoms with Gasteiger partial charge in [-0.05, 0) is 25.2 Å². The molecule has 2 aliphatic heterocycles. The van der Waals surface area contributed by atoms with Crippen molar-refractivity contribution in [2.45, 2.75) is 12.1 Å². The van der Waals surface area contributed by atoms with Gasteiger partial charge in [0.2, 0.25) is 6.79 Å². The van der Waals surface area contributed by atoms with E-state index >= 15 is 0 Å². The third-order valence-electron chi connectivity index (χ3n) is 4.86. The number of rotatable bonds is 4. The molecule has 1 aromatic carbocycles. The number of likely N-dealkylation sites (N-methyl/N-ethyl adjacent to an activating group) is 1. The van der Waals surface area contributed by atoms with Crippen LogP contribution in [0.25, 0.3) is 0 Å². The molecular formula is C18H22N4O4. The van der Waals surface area contributed by atoms with E-state index in [0.717, 1.165) is 12.2 Å². The number of benzene rings is 1. The number of amides is 1. The highest BCUT2D eigenvalue weighted by Gasteiger charge is 2.33. The number of hydrogen-bond acceptors (Lipinski definition) is 6. The summed E-state index contributed by atoms with van der Waals surface area (Å²) in [7, 11) is 4.03. The molecule has 0 radical (unpaired) electrons. The van der Waals surface area contributed by atoms with Crippen LogP contribution < -0.4 is 14.8 Å². The fraction of sp³-hybridized carbons (Fsp3) is 0.444. The first-order chi connectivity index (χ1) is 12.6. The zero-order valence-corrected chi connectivity index (χ0v) is 14.8. The van der Waals surface area contributed by atoms with Crippen molar-refractivity contribution >= 4 is 5.91 Å². The topological polar surface area (TPSA) is 77.8 Å². The third-order valence-corrected chi connectivity index (χ3v) is 4.86. The summed E-state index contributed by atoms with van der Waals surface area (Å²) in [5.41, 5.74) is 1.60. The lowest BCUT2D eigenvalue weighted by Crippen LogP contribution is -2.48. The monoisotopic (exact) mass is 358 g/mol. The lowest BCUT2D eigenvalue weighted by molar-refractivity contribution is -0.0626. The summed E-state index contributed by atoms with van der Waals surface area (Å²) in [5, 5.41) is 2.98. The van der Waals surface area contributed by atoms with E-state index in [4.69, 9.17) is 14.2 Å². The van der Waals surface area contributed by atoms with E-state index < -0.39 is 0 Å². The van der Waals surface area contributed by atoms with E-state index in [-0.39, 0.29) is 24.8 Å². The van der Waals surface area contributed by atoms with E-state index in [2.05, 4.69) is 22.2 Å². The van der Waals surface area contributed by atoms with Gasteiger partial charge in [0.1, 0.15) is 0 Å². The van der Waals surface area contributed by atoms with Crippen LogP contribution in [0.3, 0.4) is 0 Å². The number of nitrogens with zero attached hydrogens (tertiary/aromatic N) is 3. The quantitative estimate of drug-likeness (QED) is 0.877. The van der Waals surface area contributed by atoms with Crippen LogP contribution in [0.2, 0.25) is 0 Å². The van der Waals surface area contributed by atoms with Crippen molar-refractivity contribution in [3.05, 3.63) is 42.0 Å². The molecule has 0 spiro atoms. The van der Waals surface area contributed by atoms with Gasteiger partial charge in [0.25, 0.3) is 5.91 Å². The van der Waals surface area contributed by atoms with Crippen molar-refractivity contribution in [2.75, 3.05) is 33.5 Å². The molecular weight excluding hydrogens is 336 g/mol. The standard InChI is InChI=1S/C18H22N4O4/c1-21-5-6-24-16(17(21)13-8-19-10-22(13)2)9-20-18(23)12-3-4-14-15(7-12)26-11-25-14/h3-4,7-8,10,16-17H,5-6,9,11H2,1-2H3,(H,20,23)/t16-,17-/m0/s1. The van der Waals surface area contributed by atoms with Crippen LogP contribution in [0.1, 0.15) is 22.1 Å². The van der Waals surface area contributed by atoms with Crippen molar-refractivity contribution < 1.29 is 19.0 Å². The molecule has 1 fully saturated rings. The number of nitrogens with one attached hydrogen (secondary N) is 1. The molecule has 0 unspecified atom stereocenters. The molecule has 8 nitrogen and oxygen atoms in total. The van der Waals surface area contributed by atoms with Gasteiger partial charge in [0, 0.05) is 31.9 Å². The van der Waals surface area contributed by atoms with Gasteiger partial charge in [-0.3, -0.25) is 9.69 Å². The Hall–Kier alpha value is -2.58. The van der Waals surface area contributed by atoms with Crippen LogP contribution in [0, 0.1) is 0 Å². The van der Waals surface area contributed by atoms with Gasteiger partial charge in [0.15, 0.2) is 11.5 Å². The number of carbonyl (C=O) groups is 1. The predicted octanol–water partition coefficient (Wildman–Crippen LogP) is 0.950. The molecule has 0 aliphatic carbocycles. The van der Waals surface area contributed by atoms with E-state index in [1.54, 1.807) is 24.5 Å². The zero-order valence-electron chi connectivity index (χ0n) is 14.8. The maximum atomic E-state index is 12.5. The number of imidazole rings is 1. The largest absolute Gasteiger partial charge is 0.454 e. The minimum absolute atomic E-state index is 0.0355. The van der Waals surface area contributed by atoms with Crippen LogP contribution in [0.15, 0.2) is 30.7 Å². The fourth-order valence-corrected chi connectivity index (χ4v) is 3.43. The smallest absolute Gasteiger partial charge is 0.251 e. The number of fused-ring (bicyclic) bond motifs is 1. The highest BCUT2D eigenvalue weighted by molar-refractivity contribution is 5.94. The highest BCUT2D eigenvalue weighted by Crippen LogP contribution is 2.32. The van der Waals surface area contributed by atoms with Crippen molar-refractivity contribution in [1.29, 1.82) is 0 Å². The maximum Gasteiger partial charge on any atom is 0.251 e. The van der Waals surface area contributed by atoms with Gasteiger partial charge >= 0.3 is 0 Å². The molecule has 26 heavy (non-hydrogen) atoms. The van der Waals surface area contributed by atoms with Crippen molar-refractivity contribution in [1.82, 2.24) is 19.8 Å². The molecule has 2 aliphatic rings. The molecule has 1 aromatic heterocycles. The number of hydrogen-bond donors (Lipinski definition) is 1. The minimum atomic E-state index is -0.163. The normalized spacial score (nSPS) is 22.4. The molecule has 1 saturated heterocycles. The molecule has 2 aromatic rings. The predicted molar refractivity (Wildman–Crippen MR) is 93.2 cm³/mol. The summed E-state index contributed by atoms with van der Waals surface area (Å²) in [5.74, 6) is 1.10. The van der Waals surface area contributed by atoms with Gasteiger partial charge in [-0.1, -0.05) is 0 Å². The Balaban J connectivity index is 1.45. The summed E-state index contributed by atoms with van der Waals surface area (Å²) in [6, 6.07) is 5.22. The number of ether oxygens (including phenoxy) is 3. The van der Waals surface area contributed by atoms with Gasteiger partial charge in [-0.25, -0.2) is 4.98 Å². The van der Waals surface area contributed by atoms with Crippen LogP contribution in [-0.2, 0) is 11.8 Å². The van der Waals surface area contributed by atoms with Gasteiger partial charge < -0.3 is 24.1 Å². The minimum Gasteiger partial charge on any atom is -0.454 e. The summed E-state index contributed by atoms with van der Waals surface area (Å²) >= 11 is 0. The lowest BCUT2D eigenvalue weighted by atomic mass is 10.0. The summed E-state index contributed by atoms with van der Waals surface area (Å²) in [6.07, 6.45) is 3.48. The fourth-order valence-electron chi connectivity index (χ4n) is 3.43. The lowest BCUT2D eigenvalue weighted by Gasteiger charge is -2.39. The van der Waals surface area contributed by atoms with Crippen molar-refractivity contribution in [3.8, 4) is 11.5 Å². The van der Waals surface area contributed by atoms with Crippen LogP contribution in [0.5, 0.6) is 11.5 Å². The van der Waals surface area contributed by atoms with Crippen LogP contribution in [0.4, 0.5) is 0 Å². The average Bonchev–Trinajstić information content (AvgIpc) is 3.27. The van der Waals surface area contributed by atoms with Gasteiger partial charge in [0.05, 0.1) is 30.8 Å². The van der Waals surface area contributed by atoms with Gasteiger partial charge in [-0.15, -0.1) is 0 Å². The summed E-state index contributed by atoms with van der Waals surface area (Å²) in [4.78, 5) is 19.0. The molecule has 8 heteroatoms. The Morgan fingerprint density at radius 1 is 1.31 bits per heavy atom.